The van der Waals surface area contributed by atoms with E-state index in [-0.39, 0.29) is 98.5 Å². The Morgan fingerprint density at radius 1 is 0.638 bits per heavy atom. The maximum Gasteiger partial charge on any atom is 1.00 e. The van der Waals surface area contributed by atoms with Crippen LogP contribution in [0.15, 0.2) is 79.9 Å². The molecule has 0 bridgehead atoms. The second-order valence-corrected chi connectivity index (χ2v) is 24.4. The number of hydrogen-bond acceptors (Lipinski definition) is 18. The molecule has 1 aliphatic carbocycles. The molecule has 0 atom stereocenters. The Balaban J connectivity index is 0.00000136. The molecule has 0 fully saturated rings. The fourth-order valence-corrected chi connectivity index (χ4v) is 10.2. The SMILES string of the molecule is CS(=O)(=O)Cl.Cc1[c-]c(C)c(NS(C)(=O)=O)c(C)c1N=c1ccc2c(-c3ccccc3S(=O)(=O)[O-])c3ccc(Nc4c(C)c(NS(C)(=O)=O)c(C)c(S(=O)(=O)[O-])c4C)cc3oc-2c1.O=S(=O)=O.[Na+].[Na+]. The average molecular weight is 1110 g/mol. The predicted octanol–water partition coefficient (Wildman–Crippen LogP) is -0.429. The Bertz CT molecular complexity index is 3730. The van der Waals surface area contributed by atoms with Crippen LogP contribution in [-0.4, -0.2) is 82.6 Å². The van der Waals surface area contributed by atoms with Gasteiger partial charge in [-0.2, -0.15) is 6.07 Å². The van der Waals surface area contributed by atoms with Crippen molar-refractivity contribution in [1.82, 2.24) is 0 Å². The van der Waals surface area contributed by atoms with Crippen molar-refractivity contribution in [3.8, 4) is 22.5 Å². The van der Waals surface area contributed by atoms with Crippen LogP contribution < -0.4 is 79.2 Å². The van der Waals surface area contributed by atoms with Crippen LogP contribution in [0.3, 0.4) is 0 Å². The van der Waals surface area contributed by atoms with Crippen LogP contribution in [0.2, 0.25) is 0 Å². The van der Waals surface area contributed by atoms with Gasteiger partial charge in [-0.3, -0.25) is 4.72 Å². The molecule has 0 unspecified atom stereocenters. The van der Waals surface area contributed by atoms with Crippen LogP contribution in [-0.2, 0) is 59.9 Å². The molecule has 362 valence electrons. The standard InChI is InChI=1S/C39H39N4O11S4.CH3ClO2S.2Na.O3S/c1-20-17-21(2)36(42-55(7,44)45)22(3)35(20)40-26-13-15-28-31(18-26)54-32-19-27(14-16-29(32)34(28)30-11-9-10-12-33(30)57(48,49)50)41-37-23(4)38(43-56(8,46)47)25(6)39(24(37)5)58(51,52)53;1-5(2,3)4;;;1-4(2)3/h9-16,18-19,41-43H,1-8H3,(H,48,49,50)(H,51,52,53);1H3;;;/q-1;;2*+1;/p-2. The quantitative estimate of drug-likeness (QED) is 0.0515. The summed E-state index contributed by atoms with van der Waals surface area (Å²) in [5.41, 5.74) is 4.14. The fourth-order valence-electron chi connectivity index (χ4n) is 7.17. The van der Waals surface area contributed by atoms with Crippen molar-refractivity contribution in [2.24, 2.45) is 4.99 Å². The molecular weight excluding hydrogens is 1070 g/mol. The molecule has 4 aromatic rings. The maximum atomic E-state index is 12.6. The number of halogens is 1. The smallest absolute Gasteiger partial charge is 0.744 e. The summed E-state index contributed by atoms with van der Waals surface area (Å²) < 4.78 is 179. The average Bonchev–Trinajstić information content (AvgIpc) is 3.15. The maximum absolute atomic E-state index is 12.6. The van der Waals surface area contributed by atoms with Crippen LogP contribution in [0, 0.1) is 47.6 Å². The Morgan fingerprint density at radius 2 is 1.16 bits per heavy atom. The zero-order chi connectivity index (χ0) is 50.9. The molecule has 0 saturated carbocycles. The molecule has 6 rings (SSSR count). The van der Waals surface area contributed by atoms with Crippen LogP contribution in [0.5, 0.6) is 0 Å². The van der Waals surface area contributed by atoms with Crippen LogP contribution in [0.25, 0.3) is 33.4 Å². The first kappa shape index (κ1) is 61.7. The molecule has 0 amide bonds. The summed E-state index contributed by atoms with van der Waals surface area (Å²) in [6, 6.07) is 18.5. The summed E-state index contributed by atoms with van der Waals surface area (Å²) in [5.74, 6) is 0.210. The minimum atomic E-state index is -5.09. The summed E-state index contributed by atoms with van der Waals surface area (Å²) in [5, 5.41) is 3.87. The van der Waals surface area contributed by atoms with Crippen molar-refractivity contribution in [2.45, 2.75) is 51.3 Å². The van der Waals surface area contributed by atoms with Gasteiger partial charge in [0.2, 0.25) is 29.1 Å². The van der Waals surface area contributed by atoms with Gasteiger partial charge in [-0.05, 0) is 73.5 Å². The summed E-state index contributed by atoms with van der Waals surface area (Å²) in [6.07, 6.45) is 2.85. The molecule has 0 radical (unpaired) electrons. The first-order chi connectivity index (χ1) is 30.5. The van der Waals surface area contributed by atoms with E-state index in [2.05, 4.69) is 31.5 Å². The third-order valence-corrected chi connectivity index (χ3v) is 12.6. The molecule has 3 N–H and O–H groups in total. The number of anilines is 4. The number of nitrogens with zero attached hydrogens (tertiary/aromatic N) is 1. The molecule has 29 heteroatoms. The van der Waals surface area contributed by atoms with E-state index in [1.54, 1.807) is 64.1 Å². The Morgan fingerprint density at radius 3 is 1.68 bits per heavy atom. The molecule has 4 aromatic carbocycles. The molecule has 0 aromatic heterocycles. The molecule has 1 aliphatic heterocycles. The molecule has 0 spiro atoms. The fraction of sp³-hybridized carbons (Fsp3) is 0.225. The topological polar surface area (TPSA) is 330 Å². The van der Waals surface area contributed by atoms with Gasteiger partial charge < -0.3 is 28.6 Å². The predicted molar refractivity (Wildman–Crippen MR) is 250 cm³/mol. The number of aryl methyl sites for hydroxylation is 2. The van der Waals surface area contributed by atoms with Crippen molar-refractivity contribution in [2.75, 3.05) is 33.5 Å². The molecule has 0 saturated heterocycles. The molecule has 20 nitrogen and oxygen atoms in total. The molecule has 69 heavy (non-hydrogen) atoms. The normalized spacial score (nSPS) is 12.1. The Labute approximate surface area is 450 Å². The van der Waals surface area contributed by atoms with E-state index < -0.39 is 69.7 Å². The number of rotatable bonds is 10. The summed E-state index contributed by atoms with van der Waals surface area (Å²) >= 11 is 0. The molecule has 1 heterocycles. The van der Waals surface area contributed by atoms with Gasteiger partial charge >= 0.3 is 69.7 Å². The van der Waals surface area contributed by atoms with E-state index in [1.165, 1.54) is 38.1 Å². The van der Waals surface area contributed by atoms with Crippen LogP contribution >= 0.6 is 10.7 Å². The summed E-state index contributed by atoms with van der Waals surface area (Å²) in [4.78, 5) is 3.73. The number of fused-ring (bicyclic) bond motifs is 2. The third-order valence-electron chi connectivity index (χ3n) is 9.48. The van der Waals surface area contributed by atoms with E-state index in [9.17, 15) is 51.2 Å². The zero-order valence-electron chi connectivity index (χ0n) is 38.6. The first-order valence-electron chi connectivity index (χ1n) is 18.6. The van der Waals surface area contributed by atoms with E-state index in [1.807, 2.05) is 0 Å². The van der Waals surface area contributed by atoms with Gasteiger partial charge in [0.1, 0.15) is 31.6 Å². The van der Waals surface area contributed by atoms with Crippen molar-refractivity contribution in [1.29, 1.82) is 0 Å². The van der Waals surface area contributed by atoms with Gasteiger partial charge in [0, 0.05) is 56.3 Å². The minimum absolute atomic E-state index is 0. The number of nitrogens with one attached hydrogen (secondary N) is 3. The largest absolute Gasteiger partial charge is 1.00 e. The van der Waals surface area contributed by atoms with Crippen molar-refractivity contribution >= 4 is 110 Å². The van der Waals surface area contributed by atoms with Crippen molar-refractivity contribution < 1.29 is 127 Å². The number of sulfonamides is 2. The van der Waals surface area contributed by atoms with Crippen LogP contribution in [0.1, 0.15) is 33.4 Å². The van der Waals surface area contributed by atoms with Crippen molar-refractivity contribution in [3.05, 3.63) is 105 Å². The van der Waals surface area contributed by atoms with E-state index in [4.69, 9.17) is 22.0 Å². The summed E-state index contributed by atoms with van der Waals surface area (Å²) in [6.45, 7) is 9.51. The van der Waals surface area contributed by atoms with Gasteiger partial charge in [0.25, 0.3) is 0 Å². The van der Waals surface area contributed by atoms with Crippen molar-refractivity contribution in [3.63, 3.8) is 0 Å². The number of hydrogen-bond donors (Lipinski definition) is 3. The summed E-state index contributed by atoms with van der Waals surface area (Å²) in [7, 11) is -19.4. The molecule has 2 aliphatic rings. The minimum Gasteiger partial charge on any atom is -0.744 e. The first-order valence-corrected chi connectivity index (χ1v) is 28.9. The van der Waals surface area contributed by atoms with Gasteiger partial charge in [0.05, 0.1) is 39.6 Å². The molecular formula is C40H40ClN4Na2O16S6-. The Hall–Kier alpha value is -3.45. The van der Waals surface area contributed by atoms with E-state index >= 15 is 0 Å². The Kier molecular flexibility index (Phi) is 20.9. The van der Waals surface area contributed by atoms with E-state index in [0.717, 1.165) is 18.8 Å². The second kappa shape index (κ2) is 23.4. The van der Waals surface area contributed by atoms with Gasteiger partial charge in [-0.15, -0.1) is 29.3 Å². The van der Waals surface area contributed by atoms with Gasteiger partial charge in [-0.25, -0.2) is 42.1 Å². The zero-order valence-corrected chi connectivity index (χ0v) is 48.2. The van der Waals surface area contributed by atoms with E-state index in [0.29, 0.717) is 61.2 Å². The van der Waals surface area contributed by atoms with Gasteiger partial charge in [-0.1, -0.05) is 44.7 Å². The monoisotopic (exact) mass is 1110 g/mol. The van der Waals surface area contributed by atoms with Crippen LogP contribution in [0.4, 0.5) is 28.4 Å². The second-order valence-electron chi connectivity index (χ2n) is 14.8. The van der Waals surface area contributed by atoms with Gasteiger partial charge in [0.15, 0.2) is 0 Å². The third kappa shape index (κ3) is 16.5. The number of benzene rings is 5.